The summed E-state index contributed by atoms with van der Waals surface area (Å²) in [5, 5.41) is 17.4. The number of hydrogen-bond donors (Lipinski definition) is 3. The van der Waals surface area contributed by atoms with Crippen LogP contribution in [0.2, 0.25) is 0 Å². The lowest BCUT2D eigenvalue weighted by Crippen LogP contribution is -2.18. The molecule has 0 amide bonds. The van der Waals surface area contributed by atoms with Crippen molar-refractivity contribution in [1.29, 1.82) is 0 Å². The summed E-state index contributed by atoms with van der Waals surface area (Å²) in [7, 11) is 0. The van der Waals surface area contributed by atoms with Gasteiger partial charge >= 0.3 is 0 Å². The van der Waals surface area contributed by atoms with Gasteiger partial charge in [-0.15, -0.1) is 0 Å². The van der Waals surface area contributed by atoms with E-state index in [1.54, 1.807) is 24.3 Å². The number of phenols is 1. The molecule has 0 saturated carbocycles. The van der Waals surface area contributed by atoms with E-state index in [0.29, 0.717) is 11.4 Å². The Hall–Kier alpha value is -1.13. The van der Waals surface area contributed by atoms with Crippen molar-refractivity contribution in [2.24, 2.45) is 0 Å². The molecule has 12 heavy (non-hydrogen) atoms. The van der Waals surface area contributed by atoms with E-state index in [9.17, 15) is 0 Å². The van der Waals surface area contributed by atoms with Crippen LogP contribution >= 0.6 is 12.2 Å². The average Bonchev–Trinajstić information content (AvgIpc) is 2.09. The quantitative estimate of drug-likeness (QED) is 0.477. The third kappa shape index (κ3) is 2.48. The summed E-state index contributed by atoms with van der Waals surface area (Å²) in [5.41, 5.74) is 2.84. The maximum absolute atomic E-state index is 8.95. The van der Waals surface area contributed by atoms with E-state index in [0.717, 1.165) is 5.56 Å². The first kappa shape index (κ1) is 8.96. The molecule has 0 aromatic heterocycles. The van der Waals surface area contributed by atoms with Crippen molar-refractivity contribution in [1.82, 2.24) is 5.48 Å². The topological polar surface area (TPSA) is 52.5 Å². The van der Waals surface area contributed by atoms with Gasteiger partial charge in [0.15, 0.2) is 0 Å². The molecule has 0 saturated heterocycles. The van der Waals surface area contributed by atoms with E-state index in [1.165, 1.54) is 0 Å². The minimum absolute atomic E-state index is 0.224. The van der Waals surface area contributed by atoms with Crippen LogP contribution < -0.4 is 5.48 Å². The maximum atomic E-state index is 8.95. The molecule has 0 aliphatic heterocycles. The van der Waals surface area contributed by atoms with Gasteiger partial charge in [-0.05, 0) is 17.7 Å². The SMILES string of the molecule is ONC(=S)Cc1ccc(O)cc1. The fourth-order valence-corrected chi connectivity index (χ4v) is 1.01. The van der Waals surface area contributed by atoms with Crippen LogP contribution in [-0.2, 0) is 6.42 Å². The number of thiocarbonyl (C=S) groups is 1. The minimum Gasteiger partial charge on any atom is -0.508 e. The van der Waals surface area contributed by atoms with Gasteiger partial charge in [0.25, 0.3) is 0 Å². The molecule has 0 radical (unpaired) electrons. The molecule has 1 aromatic carbocycles. The maximum Gasteiger partial charge on any atom is 0.115 e. The van der Waals surface area contributed by atoms with Crippen molar-refractivity contribution >= 4 is 17.2 Å². The molecule has 64 valence electrons. The Labute approximate surface area is 75.6 Å². The molecule has 0 aliphatic rings. The summed E-state index contributed by atoms with van der Waals surface area (Å²) in [6.45, 7) is 0. The number of nitrogens with one attached hydrogen (secondary N) is 1. The van der Waals surface area contributed by atoms with Crippen LogP contribution in [0.5, 0.6) is 5.75 Å². The van der Waals surface area contributed by atoms with Crippen LogP contribution in [0.15, 0.2) is 24.3 Å². The van der Waals surface area contributed by atoms with Crippen molar-refractivity contribution in [3.8, 4) is 5.75 Å². The largest absolute Gasteiger partial charge is 0.508 e. The minimum atomic E-state index is 0.224. The van der Waals surface area contributed by atoms with Crippen molar-refractivity contribution in [3.05, 3.63) is 29.8 Å². The average molecular weight is 183 g/mol. The Balaban J connectivity index is 2.64. The molecule has 0 spiro atoms. The van der Waals surface area contributed by atoms with E-state index in [1.807, 2.05) is 5.48 Å². The van der Waals surface area contributed by atoms with E-state index >= 15 is 0 Å². The molecule has 1 rings (SSSR count). The Morgan fingerprint density at radius 1 is 1.33 bits per heavy atom. The molecule has 0 heterocycles. The zero-order chi connectivity index (χ0) is 8.97. The Morgan fingerprint density at radius 2 is 1.92 bits per heavy atom. The lowest BCUT2D eigenvalue weighted by Gasteiger charge is -2.01. The number of benzene rings is 1. The standard InChI is InChI=1S/C8H9NO2S/c10-7-3-1-6(2-4-7)5-8(12)9-11/h1-4,10-11H,5H2,(H,9,12). The van der Waals surface area contributed by atoms with Gasteiger partial charge in [0.05, 0.1) is 0 Å². The second-order valence-corrected chi connectivity index (χ2v) is 2.87. The van der Waals surface area contributed by atoms with Crippen LogP contribution in [-0.4, -0.2) is 15.3 Å². The van der Waals surface area contributed by atoms with E-state index in [4.69, 9.17) is 22.5 Å². The summed E-state index contributed by atoms with van der Waals surface area (Å²) >= 11 is 4.75. The van der Waals surface area contributed by atoms with Gasteiger partial charge in [-0.2, -0.15) is 0 Å². The van der Waals surface area contributed by atoms with Crippen LogP contribution in [0.3, 0.4) is 0 Å². The van der Waals surface area contributed by atoms with Gasteiger partial charge in [-0.1, -0.05) is 24.4 Å². The van der Waals surface area contributed by atoms with Gasteiger partial charge in [0, 0.05) is 6.42 Å². The number of hydrogen-bond acceptors (Lipinski definition) is 3. The molecule has 0 fully saturated rings. The highest BCUT2D eigenvalue weighted by Crippen LogP contribution is 2.09. The lowest BCUT2D eigenvalue weighted by atomic mass is 10.1. The molecule has 0 atom stereocenters. The highest BCUT2D eigenvalue weighted by molar-refractivity contribution is 7.80. The molecule has 3 nitrogen and oxygen atoms in total. The van der Waals surface area contributed by atoms with Crippen molar-refractivity contribution < 1.29 is 10.3 Å². The lowest BCUT2D eigenvalue weighted by molar-refractivity contribution is 0.235. The van der Waals surface area contributed by atoms with Gasteiger partial charge in [-0.3, -0.25) is 10.7 Å². The summed E-state index contributed by atoms with van der Waals surface area (Å²) in [4.78, 5) is 0.362. The van der Waals surface area contributed by atoms with Crippen LogP contribution in [0.4, 0.5) is 0 Å². The number of aromatic hydroxyl groups is 1. The monoisotopic (exact) mass is 183 g/mol. The van der Waals surface area contributed by atoms with E-state index in [-0.39, 0.29) is 5.75 Å². The fraction of sp³-hybridized carbons (Fsp3) is 0.125. The second-order valence-electron chi connectivity index (χ2n) is 2.38. The van der Waals surface area contributed by atoms with Gasteiger partial charge in [0.1, 0.15) is 10.7 Å². The molecular formula is C8H9NO2S. The van der Waals surface area contributed by atoms with Crippen LogP contribution in [0, 0.1) is 0 Å². The van der Waals surface area contributed by atoms with Crippen molar-refractivity contribution in [2.75, 3.05) is 0 Å². The Kier molecular flexibility index (Phi) is 3.01. The smallest absolute Gasteiger partial charge is 0.115 e. The highest BCUT2D eigenvalue weighted by Gasteiger charge is 1.96. The van der Waals surface area contributed by atoms with Gasteiger partial charge in [-0.25, -0.2) is 0 Å². The number of phenolic OH excluding ortho intramolecular Hbond substituents is 1. The number of rotatable bonds is 2. The normalized spacial score (nSPS) is 9.42. The van der Waals surface area contributed by atoms with Gasteiger partial charge < -0.3 is 5.11 Å². The Morgan fingerprint density at radius 3 is 2.42 bits per heavy atom. The molecule has 0 unspecified atom stereocenters. The molecular weight excluding hydrogens is 174 g/mol. The number of hydroxylamine groups is 1. The van der Waals surface area contributed by atoms with Crippen LogP contribution in [0.1, 0.15) is 5.56 Å². The highest BCUT2D eigenvalue weighted by atomic mass is 32.1. The summed E-state index contributed by atoms with van der Waals surface area (Å²) < 4.78 is 0. The molecule has 4 heteroatoms. The van der Waals surface area contributed by atoms with Gasteiger partial charge in [0.2, 0.25) is 0 Å². The molecule has 0 aliphatic carbocycles. The summed E-state index contributed by atoms with van der Waals surface area (Å²) in [6, 6.07) is 6.66. The predicted molar refractivity (Wildman–Crippen MR) is 49.3 cm³/mol. The predicted octanol–water partition coefficient (Wildman–Crippen LogP) is 1.24. The second kappa shape index (κ2) is 4.04. The summed E-state index contributed by atoms with van der Waals surface area (Å²) in [5.74, 6) is 0.224. The van der Waals surface area contributed by atoms with E-state index in [2.05, 4.69) is 0 Å². The first-order valence-electron chi connectivity index (χ1n) is 3.43. The van der Waals surface area contributed by atoms with Crippen molar-refractivity contribution in [3.63, 3.8) is 0 Å². The molecule has 3 N–H and O–H groups in total. The third-order valence-electron chi connectivity index (χ3n) is 1.43. The fourth-order valence-electron chi connectivity index (χ4n) is 0.839. The molecule has 0 bridgehead atoms. The summed E-state index contributed by atoms with van der Waals surface area (Å²) in [6.07, 6.45) is 0.478. The van der Waals surface area contributed by atoms with Crippen LogP contribution in [0.25, 0.3) is 0 Å². The zero-order valence-electron chi connectivity index (χ0n) is 6.32. The third-order valence-corrected chi connectivity index (χ3v) is 1.66. The van der Waals surface area contributed by atoms with Crippen molar-refractivity contribution in [2.45, 2.75) is 6.42 Å². The van der Waals surface area contributed by atoms with E-state index < -0.39 is 0 Å². The molecule has 1 aromatic rings. The zero-order valence-corrected chi connectivity index (χ0v) is 7.14. The Bertz CT molecular complexity index is 271. The first-order chi connectivity index (χ1) is 5.72. The first-order valence-corrected chi connectivity index (χ1v) is 3.84.